The summed E-state index contributed by atoms with van der Waals surface area (Å²) in [4.78, 5) is 30.8. The maximum Gasteiger partial charge on any atom is 0.257 e. The van der Waals surface area contributed by atoms with Crippen LogP contribution in [0.5, 0.6) is 0 Å². The number of anilines is 1. The molecule has 3 rings (SSSR count). The SMILES string of the molecule is CCCn1c(NC(=O)c2cccc(C(N)=O)c2)nc2ccc(CN(C)C)cc21. The Hall–Kier alpha value is -3.19. The number of primary amides is 1. The first-order valence-corrected chi connectivity index (χ1v) is 9.24. The van der Waals surface area contributed by atoms with Crippen molar-refractivity contribution in [3.63, 3.8) is 0 Å². The first-order valence-electron chi connectivity index (χ1n) is 9.24. The predicted molar refractivity (Wildman–Crippen MR) is 110 cm³/mol. The highest BCUT2D eigenvalue weighted by atomic mass is 16.2. The van der Waals surface area contributed by atoms with Crippen LogP contribution < -0.4 is 11.1 Å². The second-order valence-corrected chi connectivity index (χ2v) is 7.05. The Bertz CT molecular complexity index is 1020. The molecule has 3 aromatic rings. The van der Waals surface area contributed by atoms with Gasteiger partial charge in [0.15, 0.2) is 0 Å². The van der Waals surface area contributed by atoms with Crippen molar-refractivity contribution in [3.05, 3.63) is 59.2 Å². The molecule has 0 bridgehead atoms. The fourth-order valence-electron chi connectivity index (χ4n) is 3.16. The molecule has 1 heterocycles. The van der Waals surface area contributed by atoms with Crippen molar-refractivity contribution in [2.75, 3.05) is 19.4 Å². The zero-order chi connectivity index (χ0) is 20.3. The van der Waals surface area contributed by atoms with Crippen LogP contribution in [0, 0.1) is 0 Å². The fraction of sp³-hybridized carbons (Fsp3) is 0.286. The molecule has 0 spiro atoms. The Labute approximate surface area is 164 Å². The van der Waals surface area contributed by atoms with E-state index in [0.29, 0.717) is 17.1 Å². The van der Waals surface area contributed by atoms with Crippen molar-refractivity contribution >= 4 is 28.8 Å². The molecule has 0 saturated carbocycles. The smallest absolute Gasteiger partial charge is 0.257 e. The molecule has 7 heteroatoms. The van der Waals surface area contributed by atoms with Gasteiger partial charge in [-0.05, 0) is 56.4 Å². The van der Waals surface area contributed by atoms with E-state index in [0.717, 1.165) is 30.5 Å². The van der Waals surface area contributed by atoms with Crippen molar-refractivity contribution in [1.29, 1.82) is 0 Å². The van der Waals surface area contributed by atoms with Gasteiger partial charge in [0.2, 0.25) is 11.9 Å². The number of nitrogens with one attached hydrogen (secondary N) is 1. The highest BCUT2D eigenvalue weighted by Crippen LogP contribution is 2.23. The fourth-order valence-corrected chi connectivity index (χ4v) is 3.16. The van der Waals surface area contributed by atoms with Crippen molar-refractivity contribution in [1.82, 2.24) is 14.5 Å². The van der Waals surface area contributed by atoms with E-state index in [1.165, 1.54) is 11.6 Å². The third-order valence-corrected chi connectivity index (χ3v) is 4.39. The zero-order valence-electron chi connectivity index (χ0n) is 16.4. The van der Waals surface area contributed by atoms with Crippen LogP contribution in [0.3, 0.4) is 0 Å². The lowest BCUT2D eigenvalue weighted by atomic mass is 10.1. The average Bonchev–Trinajstić information content (AvgIpc) is 2.98. The van der Waals surface area contributed by atoms with Crippen molar-refractivity contribution in [2.24, 2.45) is 5.73 Å². The first kappa shape index (κ1) is 19.6. The quantitative estimate of drug-likeness (QED) is 0.660. The van der Waals surface area contributed by atoms with E-state index in [9.17, 15) is 9.59 Å². The largest absolute Gasteiger partial charge is 0.366 e. The summed E-state index contributed by atoms with van der Waals surface area (Å²) in [5.41, 5.74) is 8.96. The topological polar surface area (TPSA) is 93.2 Å². The summed E-state index contributed by atoms with van der Waals surface area (Å²) in [5, 5.41) is 2.88. The van der Waals surface area contributed by atoms with E-state index in [-0.39, 0.29) is 5.91 Å². The van der Waals surface area contributed by atoms with Crippen LogP contribution >= 0.6 is 0 Å². The Morgan fingerprint density at radius 1 is 1.14 bits per heavy atom. The Balaban J connectivity index is 1.95. The number of hydrogen-bond acceptors (Lipinski definition) is 4. The summed E-state index contributed by atoms with van der Waals surface area (Å²) in [7, 11) is 4.05. The molecule has 0 fully saturated rings. The van der Waals surface area contributed by atoms with Gasteiger partial charge < -0.3 is 15.2 Å². The van der Waals surface area contributed by atoms with Crippen LogP contribution in [0.15, 0.2) is 42.5 Å². The minimum atomic E-state index is -0.568. The molecule has 0 aliphatic rings. The molecular weight excluding hydrogens is 354 g/mol. The van der Waals surface area contributed by atoms with Crippen molar-refractivity contribution < 1.29 is 9.59 Å². The number of benzene rings is 2. The summed E-state index contributed by atoms with van der Waals surface area (Å²) in [6, 6.07) is 12.5. The van der Waals surface area contributed by atoms with Crippen LogP contribution in [-0.2, 0) is 13.1 Å². The predicted octanol–water partition coefficient (Wildman–Crippen LogP) is 2.86. The number of aromatic nitrogens is 2. The second-order valence-electron chi connectivity index (χ2n) is 7.05. The van der Waals surface area contributed by atoms with Crippen molar-refractivity contribution in [2.45, 2.75) is 26.4 Å². The molecule has 0 aliphatic heterocycles. The molecular formula is C21H25N5O2. The lowest BCUT2D eigenvalue weighted by Gasteiger charge is -2.11. The third kappa shape index (κ3) is 4.20. The van der Waals surface area contributed by atoms with E-state index in [2.05, 4.69) is 28.2 Å². The van der Waals surface area contributed by atoms with Crippen LogP contribution in [-0.4, -0.2) is 40.4 Å². The number of nitrogens with zero attached hydrogens (tertiary/aromatic N) is 3. The molecule has 7 nitrogen and oxygen atoms in total. The van der Waals surface area contributed by atoms with Crippen LogP contribution in [0.2, 0.25) is 0 Å². The first-order chi connectivity index (χ1) is 13.4. The number of carbonyl (C=O) groups excluding carboxylic acids is 2. The van der Waals surface area contributed by atoms with Gasteiger partial charge in [0.05, 0.1) is 11.0 Å². The molecule has 0 unspecified atom stereocenters. The van der Waals surface area contributed by atoms with Gasteiger partial charge in [-0.15, -0.1) is 0 Å². The summed E-state index contributed by atoms with van der Waals surface area (Å²) < 4.78 is 2.02. The maximum atomic E-state index is 12.7. The number of carbonyl (C=O) groups is 2. The Kier molecular flexibility index (Phi) is 5.75. The summed E-state index contributed by atoms with van der Waals surface area (Å²) in [5.74, 6) is -0.404. The van der Waals surface area contributed by atoms with Gasteiger partial charge in [-0.1, -0.05) is 19.1 Å². The lowest BCUT2D eigenvalue weighted by Crippen LogP contribution is -2.17. The van der Waals surface area contributed by atoms with Gasteiger partial charge in [-0.3, -0.25) is 14.9 Å². The number of rotatable bonds is 7. The van der Waals surface area contributed by atoms with Gasteiger partial charge in [0, 0.05) is 24.2 Å². The summed E-state index contributed by atoms with van der Waals surface area (Å²) in [6.45, 7) is 3.64. The highest BCUT2D eigenvalue weighted by molar-refractivity contribution is 6.05. The zero-order valence-corrected chi connectivity index (χ0v) is 16.4. The molecule has 3 N–H and O–H groups in total. The molecule has 2 aromatic carbocycles. The van der Waals surface area contributed by atoms with Gasteiger partial charge in [-0.2, -0.15) is 0 Å². The molecule has 28 heavy (non-hydrogen) atoms. The number of amides is 2. The van der Waals surface area contributed by atoms with E-state index >= 15 is 0 Å². The van der Waals surface area contributed by atoms with Gasteiger partial charge in [0.25, 0.3) is 5.91 Å². The summed E-state index contributed by atoms with van der Waals surface area (Å²) >= 11 is 0. The average molecular weight is 379 g/mol. The number of nitrogens with two attached hydrogens (primary N) is 1. The van der Waals surface area contributed by atoms with Crippen LogP contribution in [0.4, 0.5) is 5.95 Å². The summed E-state index contributed by atoms with van der Waals surface area (Å²) in [6.07, 6.45) is 0.906. The molecule has 0 radical (unpaired) electrons. The normalized spacial score (nSPS) is 11.1. The van der Waals surface area contributed by atoms with Gasteiger partial charge in [0.1, 0.15) is 0 Å². The molecule has 146 valence electrons. The standard InChI is InChI=1S/C21H25N5O2/c1-4-10-26-18-11-14(13-25(2)3)8-9-17(18)23-21(26)24-20(28)16-7-5-6-15(12-16)19(22)27/h5-9,11-12H,4,10,13H2,1-3H3,(H2,22,27)(H,23,24,28). The molecule has 0 aliphatic carbocycles. The minimum Gasteiger partial charge on any atom is -0.366 e. The van der Waals surface area contributed by atoms with E-state index < -0.39 is 5.91 Å². The van der Waals surface area contributed by atoms with E-state index in [4.69, 9.17) is 5.73 Å². The Morgan fingerprint density at radius 2 is 1.89 bits per heavy atom. The molecule has 0 atom stereocenters. The van der Waals surface area contributed by atoms with Gasteiger partial charge in [-0.25, -0.2) is 4.98 Å². The lowest BCUT2D eigenvalue weighted by molar-refractivity contribution is 0.1000. The Morgan fingerprint density at radius 3 is 2.57 bits per heavy atom. The number of hydrogen-bond donors (Lipinski definition) is 2. The second kappa shape index (κ2) is 8.22. The number of fused-ring (bicyclic) bond motifs is 1. The van der Waals surface area contributed by atoms with Crippen molar-refractivity contribution in [3.8, 4) is 0 Å². The van der Waals surface area contributed by atoms with Crippen LogP contribution in [0.25, 0.3) is 11.0 Å². The molecule has 0 saturated heterocycles. The third-order valence-electron chi connectivity index (χ3n) is 4.39. The molecule has 2 amide bonds. The van der Waals surface area contributed by atoms with Gasteiger partial charge >= 0.3 is 0 Å². The maximum absolute atomic E-state index is 12.7. The van der Waals surface area contributed by atoms with E-state index in [1.54, 1.807) is 18.2 Å². The monoisotopic (exact) mass is 379 g/mol. The molecule has 1 aromatic heterocycles. The number of imidazole rings is 1. The number of aryl methyl sites for hydroxylation is 1. The van der Waals surface area contributed by atoms with E-state index in [1.807, 2.05) is 30.8 Å². The highest BCUT2D eigenvalue weighted by Gasteiger charge is 2.15. The van der Waals surface area contributed by atoms with Crippen LogP contribution in [0.1, 0.15) is 39.6 Å². The minimum absolute atomic E-state index is 0.294.